The number of aryl methyl sites for hydroxylation is 2. The topological polar surface area (TPSA) is 66.9 Å². The summed E-state index contributed by atoms with van der Waals surface area (Å²) in [6.07, 6.45) is 0. The third-order valence-electron chi connectivity index (χ3n) is 3.72. The fraction of sp³-hybridized carbons (Fsp3) is 0.105. The van der Waals surface area contributed by atoms with Crippen molar-refractivity contribution in [3.05, 3.63) is 76.2 Å². The summed E-state index contributed by atoms with van der Waals surface area (Å²) >= 11 is 5.95. The van der Waals surface area contributed by atoms with E-state index in [2.05, 4.69) is 20.6 Å². The van der Waals surface area contributed by atoms with Crippen molar-refractivity contribution in [1.82, 2.24) is 9.97 Å². The maximum atomic E-state index is 13.7. The minimum absolute atomic E-state index is 0.0285. The van der Waals surface area contributed by atoms with E-state index in [1.54, 1.807) is 25.1 Å². The second-order valence-electron chi connectivity index (χ2n) is 5.82. The number of anilines is 3. The number of carbonyl (C=O) groups is 1. The lowest BCUT2D eigenvalue weighted by atomic mass is 10.2. The van der Waals surface area contributed by atoms with Gasteiger partial charge in [0.1, 0.15) is 34.7 Å². The summed E-state index contributed by atoms with van der Waals surface area (Å²) in [5, 5.41) is 5.89. The van der Waals surface area contributed by atoms with Gasteiger partial charge in [0.05, 0.1) is 0 Å². The van der Waals surface area contributed by atoms with Gasteiger partial charge in [-0.25, -0.2) is 18.7 Å². The monoisotopic (exact) mass is 388 g/mol. The van der Waals surface area contributed by atoms with E-state index in [-0.39, 0.29) is 5.69 Å². The Morgan fingerprint density at radius 3 is 2.41 bits per heavy atom. The van der Waals surface area contributed by atoms with Gasteiger partial charge in [0.2, 0.25) is 0 Å². The van der Waals surface area contributed by atoms with E-state index in [0.717, 1.165) is 23.4 Å². The van der Waals surface area contributed by atoms with Crippen molar-refractivity contribution in [2.45, 2.75) is 13.8 Å². The van der Waals surface area contributed by atoms with Crippen LogP contribution in [0.5, 0.6) is 0 Å². The summed E-state index contributed by atoms with van der Waals surface area (Å²) in [5.74, 6) is -1.80. The van der Waals surface area contributed by atoms with Crippen molar-refractivity contribution in [3.8, 4) is 0 Å². The Hall–Kier alpha value is -3.06. The van der Waals surface area contributed by atoms with Gasteiger partial charge in [-0.3, -0.25) is 4.79 Å². The standard InChI is InChI=1S/C19H15ClF2N4O/c1-10-8-12(20)6-7-15(10)25-17-9-16(23-11(2)24-17)19(27)26-18-13(21)4-3-5-14(18)22/h3-9H,1-2H3,(H,26,27)(H,23,24,25). The van der Waals surface area contributed by atoms with Gasteiger partial charge < -0.3 is 10.6 Å². The van der Waals surface area contributed by atoms with Gasteiger partial charge in [0.15, 0.2) is 0 Å². The number of para-hydroxylation sites is 1. The van der Waals surface area contributed by atoms with Gasteiger partial charge in [-0.05, 0) is 49.7 Å². The fourth-order valence-corrected chi connectivity index (χ4v) is 2.67. The molecule has 0 unspecified atom stereocenters. The molecule has 0 aliphatic rings. The quantitative estimate of drug-likeness (QED) is 0.658. The van der Waals surface area contributed by atoms with Gasteiger partial charge >= 0.3 is 0 Å². The molecule has 1 amide bonds. The van der Waals surface area contributed by atoms with Crippen molar-refractivity contribution in [1.29, 1.82) is 0 Å². The molecule has 0 fully saturated rings. The zero-order valence-electron chi connectivity index (χ0n) is 14.5. The highest BCUT2D eigenvalue weighted by molar-refractivity contribution is 6.30. The van der Waals surface area contributed by atoms with Gasteiger partial charge in [0.25, 0.3) is 5.91 Å². The third-order valence-corrected chi connectivity index (χ3v) is 3.96. The van der Waals surface area contributed by atoms with Crippen LogP contribution in [0.25, 0.3) is 0 Å². The van der Waals surface area contributed by atoms with E-state index in [0.29, 0.717) is 16.7 Å². The molecule has 0 saturated heterocycles. The Morgan fingerprint density at radius 2 is 1.74 bits per heavy atom. The summed E-state index contributed by atoms with van der Waals surface area (Å²) in [6.45, 7) is 3.48. The molecule has 2 N–H and O–H groups in total. The normalized spacial score (nSPS) is 10.6. The summed E-state index contributed by atoms with van der Waals surface area (Å²) in [5.41, 5.74) is 1.09. The molecule has 0 spiro atoms. The molecule has 0 bridgehead atoms. The molecule has 3 rings (SSSR count). The molecule has 5 nitrogen and oxygen atoms in total. The largest absolute Gasteiger partial charge is 0.340 e. The van der Waals surface area contributed by atoms with Crippen molar-refractivity contribution in [3.63, 3.8) is 0 Å². The highest BCUT2D eigenvalue weighted by atomic mass is 35.5. The van der Waals surface area contributed by atoms with Crippen molar-refractivity contribution < 1.29 is 13.6 Å². The first-order chi connectivity index (χ1) is 12.8. The number of rotatable bonds is 4. The third kappa shape index (κ3) is 4.38. The van der Waals surface area contributed by atoms with Crippen LogP contribution >= 0.6 is 11.6 Å². The van der Waals surface area contributed by atoms with E-state index in [1.807, 2.05) is 6.92 Å². The van der Waals surface area contributed by atoms with Crippen LogP contribution in [0.2, 0.25) is 5.02 Å². The molecular formula is C19H15ClF2N4O. The molecule has 1 aromatic heterocycles. The van der Waals surface area contributed by atoms with E-state index >= 15 is 0 Å². The second kappa shape index (κ2) is 7.67. The lowest BCUT2D eigenvalue weighted by Gasteiger charge is -2.11. The van der Waals surface area contributed by atoms with E-state index in [9.17, 15) is 13.6 Å². The molecule has 2 aromatic carbocycles. The minimum atomic E-state index is -0.871. The number of hydrogen-bond acceptors (Lipinski definition) is 4. The first-order valence-electron chi connectivity index (χ1n) is 7.97. The van der Waals surface area contributed by atoms with Crippen LogP contribution in [-0.4, -0.2) is 15.9 Å². The van der Waals surface area contributed by atoms with E-state index in [1.165, 1.54) is 12.1 Å². The summed E-state index contributed by atoms with van der Waals surface area (Å²) in [4.78, 5) is 20.7. The maximum absolute atomic E-state index is 13.7. The molecule has 0 aliphatic carbocycles. The second-order valence-corrected chi connectivity index (χ2v) is 6.26. The molecule has 8 heteroatoms. The number of halogens is 3. The Labute approximate surface area is 159 Å². The van der Waals surface area contributed by atoms with Crippen LogP contribution in [0.1, 0.15) is 21.9 Å². The predicted octanol–water partition coefficient (Wildman–Crippen LogP) is 5.02. The van der Waals surface area contributed by atoms with Gasteiger partial charge in [-0.15, -0.1) is 0 Å². The predicted molar refractivity (Wildman–Crippen MR) is 101 cm³/mol. The maximum Gasteiger partial charge on any atom is 0.274 e. The lowest BCUT2D eigenvalue weighted by molar-refractivity contribution is 0.102. The van der Waals surface area contributed by atoms with Crippen LogP contribution in [0.15, 0.2) is 42.5 Å². The summed E-state index contributed by atoms with van der Waals surface area (Å²) in [6, 6.07) is 10.0. The summed E-state index contributed by atoms with van der Waals surface area (Å²) < 4.78 is 27.5. The van der Waals surface area contributed by atoms with Crippen molar-refractivity contribution >= 4 is 34.7 Å². The zero-order valence-corrected chi connectivity index (χ0v) is 15.2. The molecule has 27 heavy (non-hydrogen) atoms. The zero-order chi connectivity index (χ0) is 19.6. The van der Waals surface area contributed by atoms with E-state index in [4.69, 9.17) is 11.6 Å². The van der Waals surface area contributed by atoms with E-state index < -0.39 is 23.2 Å². The lowest BCUT2D eigenvalue weighted by Crippen LogP contribution is -2.17. The van der Waals surface area contributed by atoms with Gasteiger partial charge in [-0.1, -0.05) is 17.7 Å². The number of benzene rings is 2. The average Bonchev–Trinajstić information content (AvgIpc) is 2.60. The number of nitrogens with one attached hydrogen (secondary N) is 2. The highest BCUT2D eigenvalue weighted by Crippen LogP contribution is 2.24. The Balaban J connectivity index is 1.87. The average molecular weight is 389 g/mol. The first kappa shape index (κ1) is 18.7. The first-order valence-corrected chi connectivity index (χ1v) is 8.35. The summed E-state index contributed by atoms with van der Waals surface area (Å²) in [7, 11) is 0. The molecule has 0 atom stereocenters. The smallest absolute Gasteiger partial charge is 0.274 e. The molecule has 0 aliphatic heterocycles. The van der Waals surface area contributed by atoms with Crippen LogP contribution < -0.4 is 10.6 Å². The van der Waals surface area contributed by atoms with Crippen LogP contribution in [0.4, 0.5) is 26.0 Å². The Morgan fingerprint density at radius 1 is 1.04 bits per heavy atom. The molecule has 1 heterocycles. The van der Waals surface area contributed by atoms with Crippen LogP contribution in [0, 0.1) is 25.5 Å². The molecule has 0 radical (unpaired) electrons. The number of carbonyl (C=O) groups excluding carboxylic acids is 1. The molecule has 138 valence electrons. The number of aromatic nitrogens is 2. The molecule has 0 saturated carbocycles. The molecular weight excluding hydrogens is 374 g/mol. The fourth-order valence-electron chi connectivity index (χ4n) is 2.45. The number of amides is 1. The highest BCUT2D eigenvalue weighted by Gasteiger charge is 2.16. The Bertz CT molecular complexity index is 1010. The molecule has 3 aromatic rings. The van der Waals surface area contributed by atoms with Crippen LogP contribution in [-0.2, 0) is 0 Å². The van der Waals surface area contributed by atoms with Crippen LogP contribution in [0.3, 0.4) is 0 Å². The van der Waals surface area contributed by atoms with Gasteiger partial charge in [-0.2, -0.15) is 0 Å². The van der Waals surface area contributed by atoms with Gasteiger partial charge in [0, 0.05) is 16.8 Å². The number of nitrogens with zero attached hydrogens (tertiary/aromatic N) is 2. The van der Waals surface area contributed by atoms with Crippen molar-refractivity contribution in [2.75, 3.05) is 10.6 Å². The van der Waals surface area contributed by atoms with Crippen molar-refractivity contribution in [2.24, 2.45) is 0 Å². The Kier molecular flexibility index (Phi) is 5.32. The SMILES string of the molecule is Cc1nc(Nc2ccc(Cl)cc2C)cc(C(=O)Nc2c(F)cccc2F)n1. The minimum Gasteiger partial charge on any atom is -0.340 e. The number of hydrogen-bond donors (Lipinski definition) is 2.